The molecule has 0 rings (SSSR count). The van der Waals surface area contributed by atoms with Crippen molar-refractivity contribution in [1.82, 2.24) is 0 Å². The van der Waals surface area contributed by atoms with Gasteiger partial charge in [-0.05, 0) is 12.2 Å². The summed E-state index contributed by atoms with van der Waals surface area (Å²) in [6, 6.07) is 0. The second-order valence-corrected chi connectivity index (χ2v) is 2.01. The topological polar surface area (TPSA) is 0 Å². The summed E-state index contributed by atoms with van der Waals surface area (Å²) in [7, 11) is 0. The molecule has 0 fully saturated rings. The average Bonchev–Trinajstić information content (AvgIpc) is 1.41. The van der Waals surface area contributed by atoms with Gasteiger partial charge in [-0.2, -0.15) is 12.6 Å². The van der Waals surface area contributed by atoms with Gasteiger partial charge in [0.05, 0.1) is 0 Å². The molecule has 0 aliphatic carbocycles. The third-order valence-corrected chi connectivity index (χ3v) is 1.17. The molecule has 0 saturated carbocycles. The van der Waals surface area contributed by atoms with Crippen LogP contribution < -0.4 is 18.9 Å². The molecule has 6 heavy (non-hydrogen) atoms. The van der Waals surface area contributed by atoms with Crippen molar-refractivity contribution in [3.05, 3.63) is 0 Å². The summed E-state index contributed by atoms with van der Waals surface area (Å²) in [5.41, 5.74) is 0. The van der Waals surface area contributed by atoms with Gasteiger partial charge in [0, 0.05) is 5.33 Å². The summed E-state index contributed by atoms with van der Waals surface area (Å²) in [4.78, 5) is 0. The van der Waals surface area contributed by atoms with Crippen molar-refractivity contribution in [1.29, 1.82) is 0 Å². The fourth-order valence-electron chi connectivity index (χ4n) is 0.0598. The van der Waals surface area contributed by atoms with Crippen molar-refractivity contribution in [2.75, 3.05) is 11.1 Å². The number of hydrogen-bond acceptors (Lipinski definition) is 1. The van der Waals surface area contributed by atoms with E-state index in [2.05, 4.69) is 28.6 Å². The minimum atomic E-state index is 0. The molecule has 0 aromatic heterocycles. The number of hydrogen-bond donors (Lipinski definition) is 1. The molecule has 0 spiro atoms. The fraction of sp³-hybridized carbons (Fsp3) is 1.00. The molecule has 0 unspecified atom stereocenters. The van der Waals surface area contributed by atoms with E-state index in [1.165, 1.54) is 6.42 Å². The average molecular weight is 163 g/mol. The molecule has 0 aliphatic heterocycles. The van der Waals surface area contributed by atoms with E-state index >= 15 is 0 Å². The third-order valence-electron chi connectivity index (χ3n) is 0.292. The molecule has 0 heterocycles. The Kier molecular flexibility index (Phi) is 16.8. The van der Waals surface area contributed by atoms with Crippen LogP contribution in [0.2, 0.25) is 0 Å². The van der Waals surface area contributed by atoms with Crippen molar-refractivity contribution in [3.8, 4) is 0 Å². The molecule has 0 N–H and O–H groups in total. The smallest absolute Gasteiger partial charge is 1.00 e. The van der Waals surface area contributed by atoms with Crippen LogP contribution in [0.3, 0.4) is 0 Å². The van der Waals surface area contributed by atoms with Crippen molar-refractivity contribution in [2.45, 2.75) is 6.42 Å². The van der Waals surface area contributed by atoms with Gasteiger partial charge in [0.15, 0.2) is 0 Å². The Morgan fingerprint density at radius 1 is 1.67 bits per heavy atom. The van der Waals surface area contributed by atoms with E-state index in [1.807, 2.05) is 0 Å². The minimum Gasteiger partial charge on any atom is -1.00 e. The Bertz CT molecular complexity index is 22.4. The predicted molar refractivity (Wildman–Crippen MR) is 33.4 cm³/mol. The molecule has 3 heteroatoms. The molecule has 0 amide bonds. The minimum absolute atomic E-state index is 0. The number of alkyl halides is 1. The third kappa shape index (κ3) is 9.06. The molecule has 0 nitrogen and oxygen atoms in total. The first kappa shape index (κ1) is 10.4. The van der Waals surface area contributed by atoms with Crippen LogP contribution >= 0.6 is 28.6 Å². The molecule has 34 valence electrons. The maximum Gasteiger partial charge on any atom is 1.00 e. The van der Waals surface area contributed by atoms with Crippen LogP contribution in [-0.2, 0) is 0 Å². The number of halogens is 1. The van der Waals surface area contributed by atoms with Crippen molar-refractivity contribution >= 4 is 28.6 Å². The van der Waals surface area contributed by atoms with Gasteiger partial charge >= 0.3 is 18.9 Å². The second kappa shape index (κ2) is 9.66. The van der Waals surface area contributed by atoms with Crippen LogP contribution in [0.25, 0.3) is 0 Å². The molecular formula is C3H8BrLiS. The summed E-state index contributed by atoms with van der Waals surface area (Å²) in [5.74, 6) is 0.991. The molecule has 0 aromatic rings. The molecule has 0 radical (unpaired) electrons. The molecular weight excluding hydrogens is 155 g/mol. The van der Waals surface area contributed by atoms with Crippen molar-refractivity contribution in [2.24, 2.45) is 0 Å². The Balaban J connectivity index is -0.0000000800. The van der Waals surface area contributed by atoms with E-state index in [4.69, 9.17) is 0 Å². The summed E-state index contributed by atoms with van der Waals surface area (Å²) in [6.07, 6.45) is 1.17. The zero-order chi connectivity index (χ0) is 4.12. The van der Waals surface area contributed by atoms with Crippen molar-refractivity contribution < 1.29 is 20.3 Å². The summed E-state index contributed by atoms with van der Waals surface area (Å²) in [6.45, 7) is 0. The molecule has 0 aromatic carbocycles. The van der Waals surface area contributed by atoms with Gasteiger partial charge in [-0.25, -0.2) is 0 Å². The first-order valence-corrected chi connectivity index (χ1v) is 3.34. The Morgan fingerprint density at radius 3 is 2.17 bits per heavy atom. The maximum atomic E-state index is 3.97. The zero-order valence-electron chi connectivity index (χ0n) is 4.95. The quantitative estimate of drug-likeness (QED) is 0.295. The Morgan fingerprint density at radius 2 is 2.17 bits per heavy atom. The summed E-state index contributed by atoms with van der Waals surface area (Å²) < 4.78 is 0. The first-order chi connectivity index (χ1) is 2.41. The van der Waals surface area contributed by atoms with Gasteiger partial charge < -0.3 is 1.43 Å². The van der Waals surface area contributed by atoms with E-state index in [0.717, 1.165) is 11.1 Å². The van der Waals surface area contributed by atoms with Gasteiger partial charge in [0.1, 0.15) is 0 Å². The van der Waals surface area contributed by atoms with Crippen molar-refractivity contribution in [3.63, 3.8) is 0 Å². The van der Waals surface area contributed by atoms with E-state index in [9.17, 15) is 0 Å². The van der Waals surface area contributed by atoms with Crippen LogP contribution in [0.1, 0.15) is 7.85 Å². The number of rotatable bonds is 2. The Hall–Kier alpha value is 1.43. The predicted octanol–water partition coefficient (Wildman–Crippen LogP) is -1.18. The van der Waals surface area contributed by atoms with E-state index < -0.39 is 0 Å². The summed E-state index contributed by atoms with van der Waals surface area (Å²) in [5, 5.41) is 1.08. The largest absolute Gasteiger partial charge is 1.00 e. The molecule has 0 aliphatic rings. The molecule has 0 bridgehead atoms. The van der Waals surface area contributed by atoms with E-state index in [-0.39, 0.29) is 20.3 Å². The maximum absolute atomic E-state index is 3.97. The van der Waals surface area contributed by atoms with Crippen LogP contribution in [-0.4, -0.2) is 11.1 Å². The zero-order valence-corrected chi connectivity index (χ0v) is 6.43. The van der Waals surface area contributed by atoms with Gasteiger partial charge in [0.25, 0.3) is 0 Å². The van der Waals surface area contributed by atoms with Crippen LogP contribution in [0.5, 0.6) is 0 Å². The summed E-state index contributed by atoms with van der Waals surface area (Å²) >= 11 is 7.23. The normalized spacial score (nSPS) is 7.00. The molecule has 0 atom stereocenters. The van der Waals surface area contributed by atoms with Gasteiger partial charge in [0.2, 0.25) is 0 Å². The second-order valence-electron chi connectivity index (χ2n) is 0.766. The van der Waals surface area contributed by atoms with Gasteiger partial charge in [-0.15, -0.1) is 0 Å². The monoisotopic (exact) mass is 162 g/mol. The Labute approximate surface area is 66.3 Å². The van der Waals surface area contributed by atoms with Gasteiger partial charge in [-0.3, -0.25) is 0 Å². The van der Waals surface area contributed by atoms with Crippen LogP contribution in [0.15, 0.2) is 0 Å². The molecule has 0 saturated heterocycles. The number of thiol groups is 1. The van der Waals surface area contributed by atoms with E-state index in [0.29, 0.717) is 0 Å². The van der Waals surface area contributed by atoms with Gasteiger partial charge in [-0.1, -0.05) is 15.9 Å². The first-order valence-electron chi connectivity index (χ1n) is 1.58. The van der Waals surface area contributed by atoms with Crippen LogP contribution in [0, 0.1) is 0 Å². The fourth-order valence-corrected chi connectivity index (χ4v) is 0.932. The van der Waals surface area contributed by atoms with E-state index in [1.54, 1.807) is 0 Å². The standard InChI is InChI=1S/C3H7BrS.Li.H/c4-2-1-3-5;;/h5H,1-3H2;;/q;+1;-1. The van der Waals surface area contributed by atoms with Crippen LogP contribution in [0.4, 0.5) is 0 Å². The SMILES string of the molecule is SCCCBr.[H-].[Li+].